The van der Waals surface area contributed by atoms with E-state index in [1.807, 2.05) is 13.1 Å². The van der Waals surface area contributed by atoms with Crippen LogP contribution in [0.3, 0.4) is 0 Å². The summed E-state index contributed by atoms with van der Waals surface area (Å²) < 4.78 is 0. The number of rotatable bonds is 5. The van der Waals surface area contributed by atoms with E-state index in [0.29, 0.717) is 6.42 Å². The van der Waals surface area contributed by atoms with Gasteiger partial charge in [0.25, 0.3) is 0 Å². The molecule has 88 valence electrons. The molecule has 0 aliphatic heterocycles. The molecule has 1 aromatic rings. The molecule has 0 spiro atoms. The van der Waals surface area contributed by atoms with Crippen molar-refractivity contribution in [3.63, 3.8) is 0 Å². The van der Waals surface area contributed by atoms with E-state index in [1.54, 1.807) is 0 Å². The van der Waals surface area contributed by atoms with Crippen LogP contribution in [-0.4, -0.2) is 19.6 Å². The molecule has 17 heavy (non-hydrogen) atoms. The van der Waals surface area contributed by atoms with Crippen LogP contribution in [0.25, 0.3) is 0 Å². The normalized spacial score (nSPS) is 9.59. The molecular formula is C13H18KNO2. The predicted octanol–water partition coefficient (Wildman–Crippen LogP) is -1.73. The molecule has 0 saturated carbocycles. The Balaban J connectivity index is 0.00000256. The van der Waals surface area contributed by atoms with Crippen molar-refractivity contribution in [3.8, 4) is 0 Å². The van der Waals surface area contributed by atoms with Gasteiger partial charge in [-0.2, -0.15) is 0 Å². The second-order valence-corrected chi connectivity index (χ2v) is 4.14. The van der Waals surface area contributed by atoms with Crippen molar-refractivity contribution in [2.45, 2.75) is 26.7 Å². The molecule has 0 heterocycles. The van der Waals surface area contributed by atoms with Gasteiger partial charge < -0.3 is 14.8 Å². The van der Waals surface area contributed by atoms with E-state index in [9.17, 15) is 9.90 Å². The maximum absolute atomic E-state index is 10.3. The second kappa shape index (κ2) is 8.27. The van der Waals surface area contributed by atoms with Gasteiger partial charge in [0.2, 0.25) is 0 Å². The average Bonchev–Trinajstić information content (AvgIpc) is 2.16. The summed E-state index contributed by atoms with van der Waals surface area (Å²) in [6.07, 6.45) is 0.738. The van der Waals surface area contributed by atoms with Crippen LogP contribution in [0, 0.1) is 13.8 Å². The van der Waals surface area contributed by atoms with Crippen molar-refractivity contribution >= 4 is 11.7 Å². The Morgan fingerprint density at radius 2 is 1.82 bits per heavy atom. The topological polar surface area (TPSA) is 43.4 Å². The Hall–Kier alpha value is 0.126. The maximum atomic E-state index is 10.3. The first-order valence-corrected chi connectivity index (χ1v) is 5.49. The van der Waals surface area contributed by atoms with E-state index in [2.05, 4.69) is 30.9 Å². The number of carboxylic acids is 1. The number of aliphatic carboxylic acids is 1. The van der Waals surface area contributed by atoms with Gasteiger partial charge in [0, 0.05) is 25.2 Å². The number of hydrogen-bond acceptors (Lipinski definition) is 3. The number of carbonyl (C=O) groups excluding carboxylic acids is 1. The van der Waals surface area contributed by atoms with Crippen LogP contribution in [-0.2, 0) is 4.79 Å². The van der Waals surface area contributed by atoms with Crippen LogP contribution in [0.2, 0.25) is 0 Å². The number of carbonyl (C=O) groups is 1. The van der Waals surface area contributed by atoms with E-state index in [4.69, 9.17) is 0 Å². The van der Waals surface area contributed by atoms with Crippen LogP contribution in [0.1, 0.15) is 24.0 Å². The molecule has 0 amide bonds. The Bertz CT molecular complexity index is 359. The van der Waals surface area contributed by atoms with Crippen molar-refractivity contribution in [1.82, 2.24) is 0 Å². The molecule has 0 saturated heterocycles. The van der Waals surface area contributed by atoms with E-state index >= 15 is 0 Å². The van der Waals surface area contributed by atoms with Crippen molar-refractivity contribution in [1.29, 1.82) is 0 Å². The third kappa shape index (κ3) is 5.53. The van der Waals surface area contributed by atoms with E-state index in [1.165, 1.54) is 16.8 Å². The standard InChI is InChI=1S/C13H19NO2.K/c1-10-6-4-7-11(2)13(10)14(3)9-5-8-12(15)16;/h4,6-7H,5,8-9H2,1-3H3,(H,15,16);/q;+1/p-1. The van der Waals surface area contributed by atoms with Gasteiger partial charge in [-0.15, -0.1) is 0 Å². The number of carboxylic acid groups (broad SMARTS) is 1. The molecule has 0 radical (unpaired) electrons. The monoisotopic (exact) mass is 259 g/mol. The van der Waals surface area contributed by atoms with Gasteiger partial charge in [0.15, 0.2) is 0 Å². The molecule has 4 heteroatoms. The van der Waals surface area contributed by atoms with E-state index in [0.717, 1.165) is 6.54 Å². The zero-order chi connectivity index (χ0) is 12.1. The number of para-hydroxylation sites is 1. The Kier molecular flexibility index (Phi) is 8.33. The molecule has 0 atom stereocenters. The van der Waals surface area contributed by atoms with Gasteiger partial charge in [0.05, 0.1) is 0 Å². The first kappa shape index (κ1) is 17.1. The summed E-state index contributed by atoms with van der Waals surface area (Å²) >= 11 is 0. The number of aryl methyl sites for hydroxylation is 2. The van der Waals surface area contributed by atoms with Gasteiger partial charge in [-0.1, -0.05) is 18.2 Å². The first-order valence-electron chi connectivity index (χ1n) is 5.49. The van der Waals surface area contributed by atoms with Crippen LogP contribution >= 0.6 is 0 Å². The van der Waals surface area contributed by atoms with E-state index < -0.39 is 5.97 Å². The van der Waals surface area contributed by atoms with Gasteiger partial charge in [-0.3, -0.25) is 0 Å². The number of nitrogens with zero attached hydrogens (tertiary/aromatic N) is 1. The number of anilines is 1. The molecule has 3 nitrogen and oxygen atoms in total. The van der Waals surface area contributed by atoms with Crippen LogP contribution < -0.4 is 61.4 Å². The minimum Gasteiger partial charge on any atom is -0.550 e. The van der Waals surface area contributed by atoms with Gasteiger partial charge in [0.1, 0.15) is 0 Å². The predicted molar refractivity (Wildman–Crippen MR) is 63.4 cm³/mol. The van der Waals surface area contributed by atoms with Gasteiger partial charge >= 0.3 is 51.4 Å². The molecule has 0 aromatic heterocycles. The summed E-state index contributed by atoms with van der Waals surface area (Å²) in [4.78, 5) is 12.4. The third-order valence-electron chi connectivity index (χ3n) is 2.70. The largest absolute Gasteiger partial charge is 1.00 e. The van der Waals surface area contributed by atoms with Crippen molar-refractivity contribution in [2.24, 2.45) is 0 Å². The smallest absolute Gasteiger partial charge is 0.550 e. The van der Waals surface area contributed by atoms with Crippen molar-refractivity contribution < 1.29 is 61.3 Å². The molecule has 0 aliphatic rings. The van der Waals surface area contributed by atoms with Crippen molar-refractivity contribution in [3.05, 3.63) is 29.3 Å². The zero-order valence-corrected chi connectivity index (χ0v) is 14.2. The first-order chi connectivity index (χ1) is 7.52. The maximum Gasteiger partial charge on any atom is 1.00 e. The van der Waals surface area contributed by atoms with E-state index in [-0.39, 0.29) is 57.8 Å². The summed E-state index contributed by atoms with van der Waals surface area (Å²) in [7, 11) is 1.99. The van der Waals surface area contributed by atoms with Crippen molar-refractivity contribution in [2.75, 3.05) is 18.5 Å². The Labute approximate surface area is 146 Å². The van der Waals surface area contributed by atoms with Crippen LogP contribution in [0.15, 0.2) is 18.2 Å². The summed E-state index contributed by atoms with van der Waals surface area (Å²) in [5.41, 5.74) is 3.63. The summed E-state index contributed by atoms with van der Waals surface area (Å²) in [5, 5.41) is 10.3. The summed E-state index contributed by atoms with van der Waals surface area (Å²) in [5.74, 6) is -0.977. The fourth-order valence-corrected chi connectivity index (χ4v) is 1.98. The molecule has 0 bridgehead atoms. The molecule has 1 aromatic carbocycles. The SMILES string of the molecule is Cc1cccc(C)c1N(C)CCCC(=O)[O-].[K+]. The molecule has 1 rings (SSSR count). The molecule has 0 N–H and O–H groups in total. The quantitative estimate of drug-likeness (QED) is 0.591. The molecule has 0 aliphatic carbocycles. The summed E-state index contributed by atoms with van der Waals surface area (Å²) in [6.45, 7) is 4.87. The molecule has 0 unspecified atom stereocenters. The number of hydrogen-bond donors (Lipinski definition) is 0. The average molecular weight is 259 g/mol. The number of benzene rings is 1. The minimum absolute atomic E-state index is 0. The minimum atomic E-state index is -0.977. The zero-order valence-electron chi connectivity index (χ0n) is 11.1. The Morgan fingerprint density at radius 3 is 2.29 bits per heavy atom. The van der Waals surface area contributed by atoms with Gasteiger partial charge in [-0.25, -0.2) is 0 Å². The third-order valence-corrected chi connectivity index (χ3v) is 2.70. The fraction of sp³-hybridized carbons (Fsp3) is 0.462. The fourth-order valence-electron chi connectivity index (χ4n) is 1.98. The Morgan fingerprint density at radius 1 is 1.29 bits per heavy atom. The van der Waals surface area contributed by atoms with Gasteiger partial charge in [-0.05, 0) is 37.8 Å². The molecular weight excluding hydrogens is 241 g/mol. The van der Waals surface area contributed by atoms with Crippen LogP contribution in [0.5, 0.6) is 0 Å². The second-order valence-electron chi connectivity index (χ2n) is 4.14. The summed E-state index contributed by atoms with van der Waals surface area (Å²) in [6, 6.07) is 6.17. The molecule has 0 fully saturated rings. The van der Waals surface area contributed by atoms with Crippen LogP contribution in [0.4, 0.5) is 5.69 Å².